The second kappa shape index (κ2) is 3.87. The Morgan fingerprint density at radius 1 is 1.67 bits per heavy atom. The molecule has 0 aromatic carbocycles. The second-order valence-electron chi connectivity index (χ2n) is 3.38. The zero-order valence-electron chi connectivity index (χ0n) is 7.70. The third-order valence-corrected chi connectivity index (χ3v) is 4.71. The fourth-order valence-corrected chi connectivity index (χ4v) is 2.94. The topological polar surface area (TPSA) is 20.2 Å². The monoisotopic (exact) mass is 180 g/mol. The molecule has 1 aliphatic carbocycles. The van der Waals surface area contributed by atoms with Crippen LogP contribution in [0.15, 0.2) is 35.7 Å². The fraction of sp³-hybridized carbons (Fsp3) is 0.400. The molecule has 0 aromatic rings. The molecule has 0 aromatic heterocycles. The third-order valence-electron chi connectivity index (χ3n) is 2.42. The second-order valence-corrected chi connectivity index (χ2v) is 6.10. The minimum absolute atomic E-state index is 0.264. The van der Waals surface area contributed by atoms with Crippen molar-refractivity contribution in [1.29, 1.82) is 0 Å². The first-order valence-corrected chi connectivity index (χ1v) is 6.75. The molecule has 12 heavy (non-hydrogen) atoms. The van der Waals surface area contributed by atoms with Gasteiger partial charge in [0, 0.05) is 5.92 Å². The van der Waals surface area contributed by atoms with Gasteiger partial charge in [0.2, 0.25) is 0 Å². The Balaban J connectivity index is 2.82. The first-order valence-electron chi connectivity index (χ1n) is 4.35. The summed E-state index contributed by atoms with van der Waals surface area (Å²) in [5, 5.41) is 11.0. The van der Waals surface area contributed by atoms with Gasteiger partial charge in [-0.25, -0.2) is 0 Å². The minimum atomic E-state index is -1.04. The summed E-state index contributed by atoms with van der Waals surface area (Å²) in [6.45, 7) is 8.01. The van der Waals surface area contributed by atoms with Crippen LogP contribution in [0.5, 0.6) is 0 Å². The molecule has 1 unspecified atom stereocenters. The first kappa shape index (κ1) is 9.48. The lowest BCUT2D eigenvalue weighted by molar-refractivity contribution is 0.178. The van der Waals surface area contributed by atoms with E-state index in [-0.39, 0.29) is 12.0 Å². The molecule has 0 spiro atoms. The Morgan fingerprint density at radius 3 is 2.92 bits per heavy atom. The largest absolute Gasteiger partial charge is 0.389 e. The maximum atomic E-state index is 9.81. The summed E-state index contributed by atoms with van der Waals surface area (Å²) in [7, 11) is -1.04. The van der Waals surface area contributed by atoms with Gasteiger partial charge in [-0.15, -0.1) is 12.3 Å². The molecule has 0 fully saturated rings. The summed E-state index contributed by atoms with van der Waals surface area (Å²) in [5.41, 5.74) is 2.00. The average Bonchev–Trinajstić information content (AvgIpc) is 2.08. The van der Waals surface area contributed by atoms with E-state index in [2.05, 4.69) is 13.1 Å². The van der Waals surface area contributed by atoms with Gasteiger partial charge in [-0.3, -0.25) is 0 Å². The summed E-state index contributed by atoms with van der Waals surface area (Å²) in [4.78, 5) is 0. The molecule has 0 bridgehead atoms. The van der Waals surface area contributed by atoms with Crippen molar-refractivity contribution in [2.45, 2.75) is 19.6 Å². The van der Waals surface area contributed by atoms with Crippen LogP contribution >= 0.6 is 0 Å². The number of rotatable bonds is 2. The van der Waals surface area contributed by atoms with E-state index in [4.69, 9.17) is 0 Å². The highest BCUT2D eigenvalue weighted by Gasteiger charge is 2.21. The Hall–Kier alpha value is -0.603. The lowest BCUT2D eigenvalue weighted by Gasteiger charge is -2.24. The van der Waals surface area contributed by atoms with Gasteiger partial charge in [0.05, 0.1) is 14.9 Å². The molecule has 0 saturated carbocycles. The van der Waals surface area contributed by atoms with E-state index in [0.29, 0.717) is 0 Å². The molecular formula is C10H16OSi. The van der Waals surface area contributed by atoms with E-state index in [0.717, 1.165) is 0 Å². The number of hydrogen-bond acceptors (Lipinski definition) is 1. The summed E-state index contributed by atoms with van der Waals surface area (Å²) in [6, 6.07) is 0. The van der Waals surface area contributed by atoms with Crippen molar-refractivity contribution < 1.29 is 5.11 Å². The molecule has 1 N–H and O–H groups in total. The first-order chi connectivity index (χ1) is 5.66. The minimum Gasteiger partial charge on any atom is -0.389 e. The van der Waals surface area contributed by atoms with E-state index in [9.17, 15) is 5.11 Å². The lowest BCUT2D eigenvalue weighted by atomic mass is 10.00. The molecule has 0 heterocycles. The number of hydrogen-bond donors (Lipinski definition) is 1. The molecule has 2 heteroatoms. The van der Waals surface area contributed by atoms with Crippen LogP contribution in [0, 0.1) is 5.92 Å². The molecule has 1 aliphatic rings. The normalized spacial score (nSPS) is 31.1. The van der Waals surface area contributed by atoms with E-state index < -0.39 is 8.80 Å². The highest BCUT2D eigenvalue weighted by molar-refractivity contribution is 6.70. The van der Waals surface area contributed by atoms with Crippen molar-refractivity contribution in [1.82, 2.24) is 0 Å². The maximum absolute atomic E-state index is 9.81. The standard InChI is InChI=1S/C10H16OSi/c1-4-12(3)9-7-5-6-8(2)10(9)11/h4-8,10-12H,1H2,2-3H3/t8-,10-,12?/m0/s1. The van der Waals surface area contributed by atoms with Gasteiger partial charge < -0.3 is 5.11 Å². The molecule has 66 valence electrons. The Kier molecular flexibility index (Phi) is 3.06. The average molecular weight is 180 g/mol. The van der Waals surface area contributed by atoms with E-state index >= 15 is 0 Å². The van der Waals surface area contributed by atoms with Crippen LogP contribution in [-0.2, 0) is 0 Å². The summed E-state index contributed by atoms with van der Waals surface area (Å²) >= 11 is 0. The molecule has 1 nitrogen and oxygen atoms in total. The van der Waals surface area contributed by atoms with Crippen molar-refractivity contribution in [3.8, 4) is 0 Å². The van der Waals surface area contributed by atoms with Crippen molar-refractivity contribution in [3.63, 3.8) is 0 Å². The van der Waals surface area contributed by atoms with Gasteiger partial charge in [-0.05, 0) is 0 Å². The fourth-order valence-electron chi connectivity index (χ4n) is 1.41. The molecule has 1 rings (SSSR count). The quantitative estimate of drug-likeness (QED) is 0.640. The van der Waals surface area contributed by atoms with Crippen LogP contribution in [0.4, 0.5) is 0 Å². The molecule has 0 radical (unpaired) electrons. The smallest absolute Gasteiger partial charge is 0.0885 e. The molecule has 0 aliphatic heterocycles. The van der Waals surface area contributed by atoms with Crippen LogP contribution < -0.4 is 0 Å². The van der Waals surface area contributed by atoms with Gasteiger partial charge >= 0.3 is 0 Å². The summed E-state index contributed by atoms with van der Waals surface area (Å²) < 4.78 is 0. The molecule has 0 saturated heterocycles. The van der Waals surface area contributed by atoms with Gasteiger partial charge in [-0.1, -0.05) is 36.9 Å². The summed E-state index contributed by atoms with van der Waals surface area (Å²) in [6.07, 6.45) is 5.86. The number of aliphatic hydroxyl groups is 1. The van der Waals surface area contributed by atoms with Crippen molar-refractivity contribution in [2.75, 3.05) is 0 Å². The molecule has 3 atom stereocenters. The van der Waals surface area contributed by atoms with Gasteiger partial charge in [0.25, 0.3) is 0 Å². The lowest BCUT2D eigenvalue weighted by Crippen LogP contribution is -2.28. The molecule has 0 amide bonds. The zero-order chi connectivity index (χ0) is 9.14. The zero-order valence-corrected chi connectivity index (χ0v) is 8.85. The van der Waals surface area contributed by atoms with Crippen molar-refractivity contribution >= 4 is 8.80 Å². The highest BCUT2D eigenvalue weighted by Crippen LogP contribution is 2.21. The predicted molar refractivity (Wildman–Crippen MR) is 55.6 cm³/mol. The predicted octanol–water partition coefficient (Wildman–Crippen LogP) is 1.60. The Labute approximate surface area is 75.7 Å². The summed E-state index contributed by atoms with van der Waals surface area (Å²) in [5.74, 6) is 0.264. The van der Waals surface area contributed by atoms with Crippen molar-refractivity contribution in [3.05, 3.63) is 35.7 Å². The van der Waals surface area contributed by atoms with Crippen LogP contribution in [0.25, 0.3) is 0 Å². The molecular weight excluding hydrogens is 164 g/mol. The maximum Gasteiger partial charge on any atom is 0.0885 e. The van der Waals surface area contributed by atoms with Crippen LogP contribution in [-0.4, -0.2) is 20.0 Å². The van der Waals surface area contributed by atoms with Crippen LogP contribution in [0.2, 0.25) is 6.55 Å². The van der Waals surface area contributed by atoms with E-state index in [1.807, 2.05) is 30.9 Å². The highest BCUT2D eigenvalue weighted by atomic mass is 28.3. The van der Waals surface area contributed by atoms with E-state index in [1.165, 1.54) is 5.20 Å². The number of aliphatic hydroxyl groups excluding tert-OH is 1. The van der Waals surface area contributed by atoms with Crippen LogP contribution in [0.3, 0.4) is 0 Å². The van der Waals surface area contributed by atoms with E-state index in [1.54, 1.807) is 0 Å². The number of allylic oxidation sites excluding steroid dienone is 2. The van der Waals surface area contributed by atoms with Crippen molar-refractivity contribution in [2.24, 2.45) is 5.92 Å². The van der Waals surface area contributed by atoms with Crippen LogP contribution in [0.1, 0.15) is 6.92 Å². The van der Waals surface area contributed by atoms with Gasteiger partial charge in [0.1, 0.15) is 0 Å². The SMILES string of the molecule is C=C[SiH](C)C1=CC=C[C@H](C)[C@@H]1O. The van der Waals surface area contributed by atoms with Gasteiger partial charge in [-0.2, -0.15) is 0 Å². The Bertz CT molecular complexity index is 230. The third kappa shape index (κ3) is 1.76. The Morgan fingerprint density at radius 2 is 2.33 bits per heavy atom. The van der Waals surface area contributed by atoms with Gasteiger partial charge in [0.15, 0.2) is 0 Å².